The van der Waals surface area contributed by atoms with E-state index in [-0.39, 0.29) is 5.91 Å². The molecule has 0 saturated carbocycles. The van der Waals surface area contributed by atoms with E-state index in [1.165, 1.54) is 0 Å². The Labute approximate surface area is 129 Å². The molecule has 0 spiro atoms. The molecule has 1 aromatic heterocycles. The summed E-state index contributed by atoms with van der Waals surface area (Å²) in [5, 5.41) is 2.97. The highest BCUT2D eigenvalue weighted by molar-refractivity contribution is 9.10. The third kappa shape index (κ3) is 4.76. The van der Waals surface area contributed by atoms with Crippen molar-refractivity contribution in [2.75, 3.05) is 46.1 Å². The molecule has 0 aliphatic rings. The molecule has 112 valence electrons. The number of nitrogens with zero attached hydrogens (tertiary/aromatic N) is 3. The molecule has 1 amide bonds. The maximum atomic E-state index is 12.6. The molecule has 0 saturated heterocycles. The third-order valence-electron chi connectivity index (χ3n) is 3.02. The van der Waals surface area contributed by atoms with E-state index in [1.807, 2.05) is 32.0 Å². The van der Waals surface area contributed by atoms with E-state index in [0.29, 0.717) is 17.9 Å². The van der Waals surface area contributed by atoms with Crippen molar-refractivity contribution in [2.45, 2.75) is 13.3 Å². The number of halogens is 1. The summed E-state index contributed by atoms with van der Waals surface area (Å²) in [5.41, 5.74) is 0.605. The number of carbonyl (C=O) groups is 1. The van der Waals surface area contributed by atoms with Gasteiger partial charge in [-0.3, -0.25) is 4.79 Å². The van der Waals surface area contributed by atoms with Crippen molar-refractivity contribution in [3.63, 3.8) is 0 Å². The van der Waals surface area contributed by atoms with Crippen LogP contribution < -0.4 is 5.32 Å². The lowest BCUT2D eigenvalue weighted by atomic mass is 10.2. The molecular formula is C14H23BrN4O. The van der Waals surface area contributed by atoms with Gasteiger partial charge in [-0.05, 0) is 56.0 Å². The summed E-state index contributed by atoms with van der Waals surface area (Å²) in [7, 11) is 5.85. The Bertz CT molecular complexity index is 451. The fourth-order valence-corrected chi connectivity index (χ4v) is 2.28. The predicted molar refractivity (Wildman–Crippen MR) is 86.2 cm³/mol. The number of carbonyl (C=O) groups excluding carboxylic acids is 1. The number of nitrogens with one attached hydrogen (secondary N) is 1. The lowest BCUT2D eigenvalue weighted by Gasteiger charge is -2.23. The molecule has 20 heavy (non-hydrogen) atoms. The van der Waals surface area contributed by atoms with Gasteiger partial charge in [0.15, 0.2) is 0 Å². The van der Waals surface area contributed by atoms with Crippen molar-refractivity contribution in [1.29, 1.82) is 0 Å². The first kappa shape index (κ1) is 16.9. The van der Waals surface area contributed by atoms with Crippen molar-refractivity contribution in [1.82, 2.24) is 14.8 Å². The van der Waals surface area contributed by atoms with Gasteiger partial charge in [0.1, 0.15) is 5.82 Å². The van der Waals surface area contributed by atoms with Crippen LogP contribution in [-0.2, 0) is 0 Å². The average molecular weight is 343 g/mol. The van der Waals surface area contributed by atoms with Crippen molar-refractivity contribution in [3.8, 4) is 0 Å². The number of anilines is 1. The molecule has 1 N–H and O–H groups in total. The first-order valence-electron chi connectivity index (χ1n) is 6.76. The highest BCUT2D eigenvalue weighted by Gasteiger charge is 2.18. The van der Waals surface area contributed by atoms with Gasteiger partial charge in [0.2, 0.25) is 0 Å². The van der Waals surface area contributed by atoms with Crippen molar-refractivity contribution >= 4 is 27.7 Å². The fraction of sp³-hybridized carbons (Fsp3) is 0.571. The maximum absolute atomic E-state index is 12.6. The van der Waals surface area contributed by atoms with E-state index in [9.17, 15) is 4.79 Å². The van der Waals surface area contributed by atoms with Crippen LogP contribution in [0.2, 0.25) is 0 Å². The van der Waals surface area contributed by atoms with E-state index >= 15 is 0 Å². The van der Waals surface area contributed by atoms with Crippen LogP contribution in [0.1, 0.15) is 23.7 Å². The molecule has 0 atom stereocenters. The second-order valence-electron chi connectivity index (χ2n) is 4.84. The van der Waals surface area contributed by atoms with Gasteiger partial charge in [0, 0.05) is 30.8 Å². The lowest BCUT2D eigenvalue weighted by molar-refractivity contribution is 0.0760. The summed E-state index contributed by atoms with van der Waals surface area (Å²) in [5.74, 6) is 0.633. The lowest BCUT2D eigenvalue weighted by Crippen LogP contribution is -2.33. The molecule has 0 unspecified atom stereocenters. The number of pyridine rings is 1. The molecule has 1 aromatic rings. The van der Waals surface area contributed by atoms with Crippen LogP contribution in [0, 0.1) is 0 Å². The number of hydrogen-bond acceptors (Lipinski definition) is 4. The van der Waals surface area contributed by atoms with Gasteiger partial charge >= 0.3 is 0 Å². The van der Waals surface area contributed by atoms with Gasteiger partial charge in [0.05, 0.1) is 5.56 Å². The molecule has 0 aromatic carbocycles. The molecule has 0 fully saturated rings. The third-order valence-corrected chi connectivity index (χ3v) is 3.46. The molecule has 6 heteroatoms. The number of hydrogen-bond donors (Lipinski definition) is 1. The zero-order valence-corrected chi connectivity index (χ0v) is 14.2. The normalized spacial score (nSPS) is 10.7. The Morgan fingerprint density at radius 2 is 2.10 bits per heavy atom. The van der Waals surface area contributed by atoms with Gasteiger partial charge in [-0.1, -0.05) is 0 Å². The highest BCUT2D eigenvalue weighted by Crippen LogP contribution is 2.19. The van der Waals surface area contributed by atoms with E-state index in [1.54, 1.807) is 13.2 Å². The minimum absolute atomic E-state index is 0.0180. The molecule has 1 rings (SSSR count). The van der Waals surface area contributed by atoms with Crippen molar-refractivity contribution in [3.05, 3.63) is 22.3 Å². The van der Waals surface area contributed by atoms with E-state index in [0.717, 1.165) is 24.0 Å². The molecular weight excluding hydrogens is 320 g/mol. The zero-order valence-electron chi connectivity index (χ0n) is 12.6. The molecule has 0 aliphatic carbocycles. The Hall–Kier alpha value is -1.14. The molecule has 0 radical (unpaired) electrons. The quantitative estimate of drug-likeness (QED) is 0.825. The smallest absolute Gasteiger partial charge is 0.257 e. The van der Waals surface area contributed by atoms with Crippen LogP contribution in [0.25, 0.3) is 0 Å². The first-order chi connectivity index (χ1) is 9.49. The van der Waals surface area contributed by atoms with Gasteiger partial charge in [0.25, 0.3) is 5.91 Å². The largest absolute Gasteiger partial charge is 0.372 e. The van der Waals surface area contributed by atoms with Crippen LogP contribution in [0.5, 0.6) is 0 Å². The zero-order chi connectivity index (χ0) is 15.1. The number of aromatic nitrogens is 1. The van der Waals surface area contributed by atoms with E-state index in [2.05, 4.69) is 31.1 Å². The van der Waals surface area contributed by atoms with E-state index < -0.39 is 0 Å². The van der Waals surface area contributed by atoms with Crippen LogP contribution in [0.4, 0.5) is 5.82 Å². The maximum Gasteiger partial charge on any atom is 0.257 e. The monoisotopic (exact) mass is 342 g/mol. The van der Waals surface area contributed by atoms with Gasteiger partial charge < -0.3 is 15.1 Å². The molecule has 0 aliphatic heterocycles. The Morgan fingerprint density at radius 1 is 1.40 bits per heavy atom. The first-order valence-corrected chi connectivity index (χ1v) is 7.56. The summed E-state index contributed by atoms with van der Waals surface area (Å²) in [6, 6.07) is 1.82. The van der Waals surface area contributed by atoms with Crippen LogP contribution >= 0.6 is 15.9 Å². The van der Waals surface area contributed by atoms with Crippen LogP contribution in [0.3, 0.4) is 0 Å². The predicted octanol–water partition coefficient (Wildman–Crippen LogP) is 2.30. The van der Waals surface area contributed by atoms with Gasteiger partial charge in [-0.15, -0.1) is 0 Å². The van der Waals surface area contributed by atoms with Crippen LogP contribution in [-0.4, -0.2) is 61.5 Å². The van der Waals surface area contributed by atoms with Gasteiger partial charge in [-0.2, -0.15) is 0 Å². The second-order valence-corrected chi connectivity index (χ2v) is 5.76. The standard InChI is InChI=1S/C14H23BrN4O/c1-5-19(8-6-7-18(3)4)14(20)12-9-11(15)10-17-13(12)16-2/h9-10H,5-8H2,1-4H3,(H,16,17). The summed E-state index contributed by atoms with van der Waals surface area (Å²) in [4.78, 5) is 20.8. The molecule has 5 nitrogen and oxygen atoms in total. The van der Waals surface area contributed by atoms with Crippen molar-refractivity contribution in [2.24, 2.45) is 0 Å². The Kier molecular flexibility index (Phi) is 6.95. The molecule has 1 heterocycles. The fourth-order valence-electron chi connectivity index (χ4n) is 1.95. The summed E-state index contributed by atoms with van der Waals surface area (Å²) < 4.78 is 0.809. The summed E-state index contributed by atoms with van der Waals surface area (Å²) in [6.45, 7) is 4.42. The summed E-state index contributed by atoms with van der Waals surface area (Å²) >= 11 is 3.37. The topological polar surface area (TPSA) is 48.5 Å². The SMILES string of the molecule is CCN(CCCN(C)C)C(=O)c1cc(Br)cnc1NC. The highest BCUT2D eigenvalue weighted by atomic mass is 79.9. The van der Waals surface area contributed by atoms with Crippen LogP contribution in [0.15, 0.2) is 16.7 Å². The summed E-state index contributed by atoms with van der Waals surface area (Å²) in [6.07, 6.45) is 2.65. The second kappa shape index (κ2) is 8.21. The van der Waals surface area contributed by atoms with E-state index in [4.69, 9.17) is 0 Å². The Balaban J connectivity index is 2.82. The minimum Gasteiger partial charge on any atom is -0.372 e. The van der Waals surface area contributed by atoms with Gasteiger partial charge in [-0.25, -0.2) is 4.98 Å². The Morgan fingerprint density at radius 3 is 2.65 bits per heavy atom. The number of rotatable bonds is 7. The van der Waals surface area contributed by atoms with Crippen molar-refractivity contribution < 1.29 is 4.79 Å². The number of amides is 1. The average Bonchev–Trinajstić information content (AvgIpc) is 2.42. The molecule has 0 bridgehead atoms. The minimum atomic E-state index is 0.0180.